The topological polar surface area (TPSA) is 84.9 Å². The third kappa shape index (κ3) is 5.08. The number of carbonyl (C=O) groups excluding carboxylic acids is 3. The minimum atomic E-state index is -0.831. The summed E-state index contributed by atoms with van der Waals surface area (Å²) in [7, 11) is 1.51. The molecule has 8 heteroatoms. The summed E-state index contributed by atoms with van der Waals surface area (Å²) in [4.78, 5) is 39.4. The molecule has 1 N–H and O–H groups in total. The molecule has 0 saturated carbocycles. The highest BCUT2D eigenvalue weighted by Crippen LogP contribution is 2.33. The molecule has 2 aromatic carbocycles. The van der Waals surface area contributed by atoms with Gasteiger partial charge in [0.2, 0.25) is 0 Å². The van der Waals surface area contributed by atoms with Gasteiger partial charge in [-0.15, -0.1) is 11.8 Å². The number of para-hydroxylation sites is 2. The Balaban J connectivity index is 1.63. The third-order valence-electron chi connectivity index (χ3n) is 4.34. The molecule has 2 aromatic rings. The predicted octanol–water partition coefficient (Wildman–Crippen LogP) is 2.25. The van der Waals surface area contributed by atoms with Gasteiger partial charge in [0.1, 0.15) is 11.0 Å². The van der Waals surface area contributed by atoms with E-state index in [0.29, 0.717) is 11.4 Å². The Bertz CT molecular complexity index is 890. The maximum absolute atomic E-state index is 12.8. The average molecular weight is 414 g/mol. The Kier molecular flexibility index (Phi) is 6.77. The van der Waals surface area contributed by atoms with Crippen molar-refractivity contribution < 1.29 is 23.9 Å². The van der Waals surface area contributed by atoms with Crippen LogP contribution in [0.15, 0.2) is 59.5 Å². The Labute approximate surface area is 173 Å². The lowest BCUT2D eigenvalue weighted by molar-refractivity contribution is -0.147. The van der Waals surface area contributed by atoms with Gasteiger partial charge in [0.15, 0.2) is 12.7 Å². The molecule has 1 aliphatic heterocycles. The number of fused-ring (bicyclic) bond motifs is 1. The van der Waals surface area contributed by atoms with Gasteiger partial charge in [-0.2, -0.15) is 0 Å². The number of ether oxygens (including phenoxy) is 2. The molecule has 2 atom stereocenters. The Morgan fingerprint density at radius 1 is 1.17 bits per heavy atom. The van der Waals surface area contributed by atoms with E-state index in [0.717, 1.165) is 4.90 Å². The number of hydrogen-bond donors (Lipinski definition) is 1. The first-order chi connectivity index (χ1) is 14.0. The Morgan fingerprint density at radius 2 is 1.86 bits per heavy atom. The first kappa shape index (κ1) is 20.7. The van der Waals surface area contributed by atoms with Crippen molar-refractivity contribution in [3.63, 3.8) is 0 Å². The van der Waals surface area contributed by atoms with Crippen LogP contribution >= 0.6 is 11.8 Å². The molecule has 0 unspecified atom stereocenters. The van der Waals surface area contributed by atoms with Crippen LogP contribution in [0.5, 0.6) is 5.75 Å². The van der Waals surface area contributed by atoms with E-state index < -0.39 is 29.8 Å². The molecule has 3 rings (SSSR count). The average Bonchev–Trinajstić information content (AvgIpc) is 2.76. The predicted molar refractivity (Wildman–Crippen MR) is 110 cm³/mol. The highest BCUT2D eigenvalue weighted by molar-refractivity contribution is 8.00. The number of rotatable bonds is 6. The van der Waals surface area contributed by atoms with Gasteiger partial charge in [-0.05, 0) is 31.2 Å². The van der Waals surface area contributed by atoms with E-state index in [2.05, 4.69) is 5.32 Å². The quantitative estimate of drug-likeness (QED) is 0.577. The van der Waals surface area contributed by atoms with E-state index in [9.17, 15) is 14.4 Å². The van der Waals surface area contributed by atoms with Gasteiger partial charge in [-0.25, -0.2) is 0 Å². The second kappa shape index (κ2) is 9.47. The van der Waals surface area contributed by atoms with Gasteiger partial charge in [-0.3, -0.25) is 14.4 Å². The fraction of sp³-hybridized carbons (Fsp3) is 0.286. The van der Waals surface area contributed by atoms with Crippen molar-refractivity contribution in [2.24, 2.45) is 0 Å². The number of anilines is 1. The number of thioether (sulfide) groups is 1. The molecule has 7 nitrogen and oxygen atoms in total. The zero-order valence-electron chi connectivity index (χ0n) is 16.2. The fourth-order valence-electron chi connectivity index (χ4n) is 2.85. The largest absolute Gasteiger partial charge is 0.477 e. The fourth-order valence-corrected chi connectivity index (χ4v) is 3.73. The SMILES string of the molecule is CNC(=O)[C@@H]1CN(C(=O)COC(=O)[C@@H](C)Sc2ccccc2)c2ccccc2O1. The maximum atomic E-state index is 12.8. The van der Waals surface area contributed by atoms with E-state index in [1.165, 1.54) is 23.7 Å². The summed E-state index contributed by atoms with van der Waals surface area (Å²) in [5.41, 5.74) is 0.542. The number of hydrogen-bond acceptors (Lipinski definition) is 6. The summed E-state index contributed by atoms with van der Waals surface area (Å²) in [6.45, 7) is 1.37. The van der Waals surface area contributed by atoms with Crippen molar-refractivity contribution in [3.05, 3.63) is 54.6 Å². The van der Waals surface area contributed by atoms with Crippen LogP contribution in [0.3, 0.4) is 0 Å². The molecule has 0 saturated heterocycles. The Hall–Kier alpha value is -3.00. The molecular weight excluding hydrogens is 392 g/mol. The van der Waals surface area contributed by atoms with E-state index >= 15 is 0 Å². The summed E-state index contributed by atoms with van der Waals surface area (Å²) in [5.74, 6) is -0.793. The van der Waals surface area contributed by atoms with Crippen LogP contribution < -0.4 is 15.0 Å². The highest BCUT2D eigenvalue weighted by atomic mass is 32.2. The van der Waals surface area contributed by atoms with Crippen molar-refractivity contribution in [1.82, 2.24) is 5.32 Å². The van der Waals surface area contributed by atoms with Gasteiger partial charge in [0.05, 0.1) is 12.2 Å². The smallest absolute Gasteiger partial charge is 0.319 e. The zero-order chi connectivity index (χ0) is 20.8. The van der Waals surface area contributed by atoms with E-state index in [4.69, 9.17) is 9.47 Å². The Morgan fingerprint density at radius 3 is 2.59 bits per heavy atom. The molecule has 1 heterocycles. The molecule has 0 radical (unpaired) electrons. The summed E-state index contributed by atoms with van der Waals surface area (Å²) in [6, 6.07) is 16.4. The van der Waals surface area contributed by atoms with Crippen LogP contribution in [0.1, 0.15) is 6.92 Å². The second-order valence-electron chi connectivity index (χ2n) is 6.37. The lowest BCUT2D eigenvalue weighted by Gasteiger charge is -2.33. The molecular formula is C21H22N2O5S. The monoisotopic (exact) mass is 414 g/mol. The minimum Gasteiger partial charge on any atom is -0.477 e. The normalized spacial score (nSPS) is 16.2. The highest BCUT2D eigenvalue weighted by Gasteiger charge is 2.33. The zero-order valence-corrected chi connectivity index (χ0v) is 17.0. The van der Waals surface area contributed by atoms with Crippen LogP contribution in [-0.4, -0.2) is 49.3 Å². The summed E-state index contributed by atoms with van der Waals surface area (Å²) >= 11 is 1.36. The molecule has 0 spiro atoms. The van der Waals surface area contributed by atoms with Gasteiger partial charge in [0.25, 0.3) is 11.8 Å². The number of nitrogens with one attached hydrogen (secondary N) is 1. The first-order valence-corrected chi connectivity index (χ1v) is 10.0. The molecule has 152 valence electrons. The van der Waals surface area contributed by atoms with Crippen molar-refractivity contribution in [2.45, 2.75) is 23.2 Å². The summed E-state index contributed by atoms with van der Waals surface area (Å²) < 4.78 is 10.9. The van der Waals surface area contributed by atoms with Gasteiger partial charge in [0, 0.05) is 11.9 Å². The third-order valence-corrected chi connectivity index (χ3v) is 5.43. The summed E-state index contributed by atoms with van der Waals surface area (Å²) in [5, 5.41) is 2.07. The number of nitrogens with zero attached hydrogens (tertiary/aromatic N) is 1. The van der Waals surface area contributed by atoms with Crippen LogP contribution in [0.4, 0.5) is 5.69 Å². The first-order valence-electron chi connectivity index (χ1n) is 9.15. The van der Waals surface area contributed by atoms with Gasteiger partial charge >= 0.3 is 5.97 Å². The van der Waals surface area contributed by atoms with E-state index in [-0.39, 0.29) is 12.5 Å². The molecule has 2 amide bonds. The van der Waals surface area contributed by atoms with Crippen molar-refractivity contribution >= 4 is 35.2 Å². The second-order valence-corrected chi connectivity index (χ2v) is 7.79. The molecule has 0 aromatic heterocycles. The lowest BCUT2D eigenvalue weighted by atomic mass is 10.1. The standard InChI is InChI=1S/C21H22N2O5S/c1-14(29-15-8-4-3-5-9-15)21(26)27-13-19(24)23-12-18(20(25)22-2)28-17-11-7-6-10-16(17)23/h3-11,14,18H,12-13H2,1-2H3,(H,22,25)/t14-,18+/m1/s1. The number of amides is 2. The number of benzene rings is 2. The van der Waals surface area contributed by atoms with E-state index in [1.807, 2.05) is 30.3 Å². The number of likely N-dealkylation sites (N-methyl/N-ethyl adjacent to an activating group) is 1. The van der Waals surface area contributed by atoms with Crippen molar-refractivity contribution in [1.29, 1.82) is 0 Å². The number of carbonyl (C=O) groups is 3. The van der Waals surface area contributed by atoms with E-state index in [1.54, 1.807) is 31.2 Å². The van der Waals surface area contributed by atoms with Crippen LogP contribution in [0.25, 0.3) is 0 Å². The van der Waals surface area contributed by atoms with Gasteiger partial charge < -0.3 is 19.7 Å². The van der Waals surface area contributed by atoms with Crippen molar-refractivity contribution in [2.75, 3.05) is 25.1 Å². The molecule has 29 heavy (non-hydrogen) atoms. The minimum absolute atomic E-state index is 0.0430. The molecule has 0 aliphatic carbocycles. The van der Waals surface area contributed by atoms with Crippen LogP contribution in [-0.2, 0) is 19.1 Å². The van der Waals surface area contributed by atoms with Crippen LogP contribution in [0.2, 0.25) is 0 Å². The maximum Gasteiger partial charge on any atom is 0.319 e. The summed E-state index contributed by atoms with van der Waals surface area (Å²) in [6.07, 6.45) is -0.831. The number of esters is 1. The molecule has 0 fully saturated rings. The molecule has 1 aliphatic rings. The molecule has 0 bridgehead atoms. The van der Waals surface area contributed by atoms with Crippen LogP contribution in [0, 0.1) is 0 Å². The van der Waals surface area contributed by atoms with Crippen molar-refractivity contribution in [3.8, 4) is 5.75 Å². The van der Waals surface area contributed by atoms with Gasteiger partial charge in [-0.1, -0.05) is 30.3 Å². The lowest BCUT2D eigenvalue weighted by Crippen LogP contribution is -2.51.